The second kappa shape index (κ2) is 6.90. The van der Waals surface area contributed by atoms with E-state index in [1.54, 1.807) is 12.1 Å². The number of ether oxygens (including phenoxy) is 1. The average Bonchev–Trinajstić information content (AvgIpc) is 3.52. The summed E-state index contributed by atoms with van der Waals surface area (Å²) in [4.78, 5) is 13.0. The van der Waals surface area contributed by atoms with Gasteiger partial charge in [0.2, 0.25) is 0 Å². The van der Waals surface area contributed by atoms with Gasteiger partial charge >= 0.3 is 7.67 Å². The maximum absolute atomic E-state index is 13.2. The second-order valence-electron chi connectivity index (χ2n) is 6.75. The first-order chi connectivity index (χ1) is 12.5. The molecule has 10 heteroatoms. The molecule has 1 unspecified atom stereocenters. The van der Waals surface area contributed by atoms with Crippen molar-refractivity contribution in [1.29, 1.82) is 0 Å². The van der Waals surface area contributed by atoms with Crippen LogP contribution in [0.4, 0.5) is 11.4 Å². The molecule has 1 aromatic rings. The van der Waals surface area contributed by atoms with Crippen LogP contribution in [0.15, 0.2) is 18.2 Å². The first-order valence-corrected chi connectivity index (χ1v) is 10.4. The predicted octanol–water partition coefficient (Wildman–Crippen LogP) is 2.25. The van der Waals surface area contributed by atoms with Crippen LogP contribution in [-0.2, 0) is 13.8 Å². The molecule has 0 radical (unpaired) electrons. The van der Waals surface area contributed by atoms with Gasteiger partial charge in [0.15, 0.2) is 0 Å². The van der Waals surface area contributed by atoms with Crippen molar-refractivity contribution in [2.24, 2.45) is 0 Å². The van der Waals surface area contributed by atoms with E-state index >= 15 is 0 Å². The van der Waals surface area contributed by atoms with Gasteiger partial charge < -0.3 is 9.64 Å². The molecule has 0 saturated carbocycles. The molecule has 26 heavy (non-hydrogen) atoms. The van der Waals surface area contributed by atoms with Crippen molar-refractivity contribution < 1.29 is 18.7 Å². The molecule has 3 aliphatic rings. The molecule has 0 N–H and O–H groups in total. The Morgan fingerprint density at radius 2 is 1.77 bits per heavy atom. The molecule has 1 atom stereocenters. The van der Waals surface area contributed by atoms with Crippen LogP contribution >= 0.6 is 7.67 Å². The lowest BCUT2D eigenvalue weighted by Crippen LogP contribution is -2.36. The summed E-state index contributed by atoms with van der Waals surface area (Å²) in [5.74, 6) is 0. The number of hydrogen-bond donors (Lipinski definition) is 0. The third-order valence-electron chi connectivity index (χ3n) is 4.87. The summed E-state index contributed by atoms with van der Waals surface area (Å²) in [6.45, 7) is 7.33. The summed E-state index contributed by atoms with van der Waals surface area (Å²) in [7, 11) is -2.94. The summed E-state index contributed by atoms with van der Waals surface area (Å²) in [6.07, 6.45) is -0.414. The first kappa shape index (κ1) is 17.9. The van der Waals surface area contributed by atoms with Crippen LogP contribution < -0.4 is 4.90 Å². The summed E-state index contributed by atoms with van der Waals surface area (Å²) in [6, 6.07) is 5.00. The fourth-order valence-electron chi connectivity index (χ4n) is 3.18. The minimum Gasteiger partial charge on any atom is -0.378 e. The third-order valence-corrected chi connectivity index (χ3v) is 7.70. The van der Waals surface area contributed by atoms with E-state index in [0.29, 0.717) is 32.0 Å². The Bertz CT molecular complexity index is 730. The molecule has 3 heterocycles. The van der Waals surface area contributed by atoms with Crippen molar-refractivity contribution in [3.8, 4) is 0 Å². The fourth-order valence-corrected chi connectivity index (χ4v) is 5.53. The lowest BCUT2D eigenvalue weighted by molar-refractivity contribution is -0.384. The molecule has 9 nitrogen and oxygen atoms in total. The highest BCUT2D eigenvalue weighted by atomic mass is 31.2. The van der Waals surface area contributed by atoms with Crippen molar-refractivity contribution in [1.82, 2.24) is 9.34 Å². The minimum absolute atomic E-state index is 0.0721. The van der Waals surface area contributed by atoms with Gasteiger partial charge in [0.05, 0.1) is 24.2 Å². The zero-order valence-electron chi connectivity index (χ0n) is 14.7. The van der Waals surface area contributed by atoms with Crippen molar-refractivity contribution in [3.63, 3.8) is 0 Å². The van der Waals surface area contributed by atoms with Gasteiger partial charge in [-0.05, 0) is 24.6 Å². The smallest absolute Gasteiger partial charge is 0.346 e. The molecule has 0 aromatic heterocycles. The van der Waals surface area contributed by atoms with Gasteiger partial charge in [-0.25, -0.2) is 9.34 Å². The fraction of sp³-hybridized carbons (Fsp3) is 0.625. The lowest BCUT2D eigenvalue weighted by atomic mass is 10.1. The topological polar surface area (TPSA) is 87.9 Å². The largest absolute Gasteiger partial charge is 0.378 e. The van der Waals surface area contributed by atoms with Crippen LogP contribution in [-0.4, -0.2) is 66.7 Å². The van der Waals surface area contributed by atoms with E-state index in [1.807, 2.05) is 21.2 Å². The van der Waals surface area contributed by atoms with E-state index < -0.39 is 13.8 Å². The van der Waals surface area contributed by atoms with E-state index in [4.69, 9.17) is 9.26 Å². The number of anilines is 1. The van der Waals surface area contributed by atoms with Crippen LogP contribution in [0.2, 0.25) is 0 Å². The van der Waals surface area contributed by atoms with Gasteiger partial charge in [-0.2, -0.15) is 0 Å². The second-order valence-corrected chi connectivity index (χ2v) is 9.07. The van der Waals surface area contributed by atoms with E-state index in [9.17, 15) is 14.7 Å². The Hall–Kier alpha value is -1.51. The highest BCUT2D eigenvalue weighted by Crippen LogP contribution is 2.63. The Morgan fingerprint density at radius 1 is 1.15 bits per heavy atom. The molecule has 3 saturated heterocycles. The van der Waals surface area contributed by atoms with Crippen molar-refractivity contribution in [2.75, 3.05) is 57.4 Å². The van der Waals surface area contributed by atoms with Crippen LogP contribution in [0, 0.1) is 10.1 Å². The van der Waals surface area contributed by atoms with Crippen molar-refractivity contribution in [2.45, 2.75) is 13.0 Å². The number of nitrogens with zero attached hydrogens (tertiary/aromatic N) is 4. The molecule has 142 valence electrons. The number of benzene rings is 1. The van der Waals surface area contributed by atoms with E-state index in [2.05, 4.69) is 0 Å². The molecular weight excluding hydrogens is 359 g/mol. The van der Waals surface area contributed by atoms with Crippen LogP contribution in [0.1, 0.15) is 18.6 Å². The number of rotatable bonds is 7. The summed E-state index contributed by atoms with van der Waals surface area (Å²) < 4.78 is 28.3. The highest BCUT2D eigenvalue weighted by Gasteiger charge is 2.50. The number of morpholine rings is 1. The molecule has 3 fully saturated rings. The summed E-state index contributed by atoms with van der Waals surface area (Å²) >= 11 is 0. The molecule has 0 bridgehead atoms. The van der Waals surface area contributed by atoms with Gasteiger partial charge in [-0.15, -0.1) is 0 Å². The molecule has 0 spiro atoms. The molecule has 4 rings (SSSR count). The molecule has 3 aliphatic heterocycles. The third kappa shape index (κ3) is 3.50. The lowest BCUT2D eigenvalue weighted by Gasteiger charge is -2.29. The molecule has 1 aromatic carbocycles. The Labute approximate surface area is 152 Å². The van der Waals surface area contributed by atoms with Gasteiger partial charge in [-0.3, -0.25) is 19.2 Å². The van der Waals surface area contributed by atoms with Gasteiger partial charge in [0.1, 0.15) is 5.69 Å². The maximum Gasteiger partial charge on any atom is 0.346 e. The summed E-state index contributed by atoms with van der Waals surface area (Å²) in [5.41, 5.74) is 1.43. The Kier molecular flexibility index (Phi) is 4.75. The zero-order valence-corrected chi connectivity index (χ0v) is 15.6. The standard InChI is InChI=1S/C16H23N4O5P/c1-13(25-26(23,18-4-5-18)19-6-7-19)14-2-3-15(20(21)22)16(12-14)17-8-10-24-11-9-17/h2-3,12-13H,4-11H2,1H3. The SMILES string of the molecule is CC(OP(=O)(N1CC1)N1CC1)c1ccc([N+](=O)[O-])c(N2CCOCC2)c1. The van der Waals surface area contributed by atoms with E-state index in [1.165, 1.54) is 6.07 Å². The monoisotopic (exact) mass is 382 g/mol. The van der Waals surface area contributed by atoms with E-state index in [0.717, 1.165) is 31.7 Å². The number of nitro benzene ring substituents is 1. The van der Waals surface area contributed by atoms with Crippen LogP contribution in [0.5, 0.6) is 0 Å². The van der Waals surface area contributed by atoms with Gasteiger partial charge in [-0.1, -0.05) is 0 Å². The van der Waals surface area contributed by atoms with Crippen LogP contribution in [0.3, 0.4) is 0 Å². The first-order valence-electron chi connectivity index (χ1n) is 8.89. The Morgan fingerprint density at radius 3 is 2.31 bits per heavy atom. The zero-order chi connectivity index (χ0) is 18.3. The Balaban J connectivity index is 1.59. The van der Waals surface area contributed by atoms with Crippen molar-refractivity contribution in [3.05, 3.63) is 33.9 Å². The van der Waals surface area contributed by atoms with Gasteiger partial charge in [0.25, 0.3) is 5.69 Å². The molecular formula is C16H23N4O5P. The quantitative estimate of drug-likeness (QED) is 0.307. The summed E-state index contributed by atoms with van der Waals surface area (Å²) in [5, 5.41) is 11.4. The predicted molar refractivity (Wildman–Crippen MR) is 96.4 cm³/mol. The molecule has 0 amide bonds. The van der Waals surface area contributed by atoms with Gasteiger partial charge in [0, 0.05) is 45.3 Å². The number of hydrogen-bond acceptors (Lipinski definition) is 6. The average molecular weight is 382 g/mol. The normalized spacial score (nSPS) is 22.3. The van der Waals surface area contributed by atoms with E-state index in [-0.39, 0.29) is 10.6 Å². The molecule has 0 aliphatic carbocycles. The van der Waals surface area contributed by atoms with Crippen LogP contribution in [0.25, 0.3) is 0 Å². The van der Waals surface area contributed by atoms with Crippen molar-refractivity contribution >= 4 is 19.0 Å². The highest BCUT2D eigenvalue weighted by molar-refractivity contribution is 7.54. The maximum atomic E-state index is 13.2. The number of nitro groups is 1. The minimum atomic E-state index is -2.94.